The van der Waals surface area contributed by atoms with Crippen LogP contribution in [0.15, 0.2) is 48.5 Å². The number of nitrogens with zero attached hydrogens (tertiary/aromatic N) is 3. The third-order valence-corrected chi connectivity index (χ3v) is 14.0. The lowest BCUT2D eigenvalue weighted by Crippen LogP contribution is -2.51. The molecule has 3 aromatic carbocycles. The molecule has 2 aromatic heterocycles. The molecule has 66 heavy (non-hydrogen) atoms. The lowest BCUT2D eigenvalue weighted by Gasteiger charge is -2.29. The molecule has 0 saturated carbocycles. The number of imidazole rings is 2. The van der Waals surface area contributed by atoms with Crippen LogP contribution in [0.2, 0.25) is 0 Å². The summed E-state index contributed by atoms with van der Waals surface area (Å²) in [5.41, 5.74) is 10.6. The second kappa shape index (κ2) is 20.3. The molecule has 3 aliphatic rings. The Balaban J connectivity index is 1.12. The first-order valence-electron chi connectivity index (χ1n) is 23.9. The fraction of sp³-hybridized carbons (Fsp3) is 0.529. The Bertz CT molecular complexity index is 2560. The predicted octanol–water partition coefficient (Wildman–Crippen LogP) is 8.55. The summed E-state index contributed by atoms with van der Waals surface area (Å²) < 4.78 is 16.2. The van der Waals surface area contributed by atoms with Crippen molar-refractivity contribution in [2.24, 2.45) is 17.8 Å². The summed E-state index contributed by atoms with van der Waals surface area (Å²) in [7, 11) is 2.61. The Morgan fingerprint density at radius 1 is 0.727 bits per heavy atom. The Morgan fingerprint density at radius 3 is 1.97 bits per heavy atom. The van der Waals surface area contributed by atoms with Crippen LogP contribution in [0.3, 0.4) is 0 Å². The number of rotatable bonds is 10. The van der Waals surface area contributed by atoms with E-state index < -0.39 is 24.3 Å². The van der Waals surface area contributed by atoms with Crippen molar-refractivity contribution in [1.82, 2.24) is 35.4 Å². The maximum absolute atomic E-state index is 13.9. The van der Waals surface area contributed by atoms with Gasteiger partial charge < -0.3 is 39.6 Å². The number of nitrogens with one attached hydrogen (secondary N) is 5. The zero-order chi connectivity index (χ0) is 46.6. The molecule has 8 rings (SSSR count). The number of benzene rings is 3. The van der Waals surface area contributed by atoms with Crippen LogP contribution >= 0.6 is 0 Å². The Hall–Kier alpha value is -5.96. The van der Waals surface area contributed by atoms with Crippen molar-refractivity contribution in [1.29, 1.82) is 0 Å². The number of aromatic amines is 3. The number of H-pyrrole nitrogens is 3. The Morgan fingerprint density at radius 2 is 1.32 bits per heavy atom. The van der Waals surface area contributed by atoms with Gasteiger partial charge in [-0.3, -0.25) is 9.59 Å². The summed E-state index contributed by atoms with van der Waals surface area (Å²) in [6.07, 6.45) is 7.31. The number of alkyl carbamates (subject to hydrolysis) is 2. The molecule has 4 amide bonds. The third kappa shape index (κ3) is 9.77. The zero-order valence-corrected chi connectivity index (χ0v) is 39.6. The number of carbonyl (C=O) groups is 4. The van der Waals surface area contributed by atoms with Gasteiger partial charge in [-0.1, -0.05) is 59.2 Å². The molecule has 4 unspecified atom stereocenters. The van der Waals surface area contributed by atoms with Crippen LogP contribution in [0.1, 0.15) is 121 Å². The van der Waals surface area contributed by atoms with Gasteiger partial charge >= 0.3 is 12.2 Å². The summed E-state index contributed by atoms with van der Waals surface area (Å²) in [4.78, 5) is 71.7. The van der Waals surface area contributed by atoms with Gasteiger partial charge in [0.25, 0.3) is 5.82 Å². The van der Waals surface area contributed by atoms with Gasteiger partial charge in [0.2, 0.25) is 11.8 Å². The van der Waals surface area contributed by atoms with Crippen molar-refractivity contribution in [3.8, 4) is 22.3 Å². The van der Waals surface area contributed by atoms with Crippen molar-refractivity contribution in [2.45, 2.75) is 123 Å². The first-order chi connectivity index (χ1) is 31.8. The minimum Gasteiger partial charge on any atom is -0.453 e. The van der Waals surface area contributed by atoms with Gasteiger partial charge in [0, 0.05) is 19.7 Å². The van der Waals surface area contributed by atoms with E-state index in [-0.39, 0.29) is 35.7 Å². The first-order valence-corrected chi connectivity index (χ1v) is 23.9. The van der Waals surface area contributed by atoms with Gasteiger partial charge in [-0.25, -0.2) is 24.5 Å². The van der Waals surface area contributed by atoms with E-state index >= 15 is 0 Å². The molecule has 5 N–H and O–H groups in total. The predicted molar refractivity (Wildman–Crippen MR) is 252 cm³/mol. The van der Waals surface area contributed by atoms with Crippen LogP contribution < -0.4 is 15.6 Å². The lowest BCUT2D eigenvalue weighted by molar-refractivity contribution is -0.363. The van der Waals surface area contributed by atoms with Gasteiger partial charge in [0.1, 0.15) is 23.9 Å². The van der Waals surface area contributed by atoms with Crippen molar-refractivity contribution in [2.75, 3.05) is 33.9 Å². The van der Waals surface area contributed by atoms with Crippen LogP contribution in [0.4, 0.5) is 9.59 Å². The van der Waals surface area contributed by atoms with Crippen LogP contribution in [0.5, 0.6) is 0 Å². The molecule has 5 atom stereocenters. The molecule has 5 heterocycles. The Labute approximate surface area is 387 Å². The average Bonchev–Trinajstić information content (AvgIpc) is 4.14. The van der Waals surface area contributed by atoms with Gasteiger partial charge in [-0.2, -0.15) is 0 Å². The minimum atomic E-state index is -0.705. The summed E-state index contributed by atoms with van der Waals surface area (Å²) in [6.45, 7) is 12.4. The summed E-state index contributed by atoms with van der Waals surface area (Å²) >= 11 is 0. The van der Waals surface area contributed by atoms with E-state index in [4.69, 9.17) is 19.2 Å². The lowest BCUT2D eigenvalue weighted by atomic mass is 9.86. The first kappa shape index (κ1) is 46.6. The standard InChI is InChI=1S/C51H66N8O7/c1-29(2)44(56-50(62)64-6)48(60)58-23-9-15-42(58)46-52-38-21-17-32(26-40(38)54-46)34-19-20-35(37-28-66-25-11-13-31(5)12-8-14-36(34)37)33-18-22-39-41(27-33)55-47(53-39)43-16-10-24-59(43)49(61)45(30(3)4)57-51(63)65-7/h17-22,26-27,29-31,42-45H,8-16,23-25,28H2,1-7H3,(H,52,54)(H,53,55)(H,56,62)(H,57,63)/p+1/t31?,42?,43?,44-,45?/m0/s1. The second-order valence-electron chi connectivity index (χ2n) is 19.2. The monoisotopic (exact) mass is 904 g/mol. The molecule has 352 valence electrons. The van der Waals surface area contributed by atoms with Gasteiger partial charge in [0.05, 0.1) is 37.9 Å². The molecule has 2 saturated heterocycles. The Kier molecular flexibility index (Phi) is 14.3. The number of hydrogen-bond donors (Lipinski definition) is 4. The highest BCUT2D eigenvalue weighted by Crippen LogP contribution is 2.39. The van der Waals surface area contributed by atoms with E-state index in [1.807, 2.05) is 37.5 Å². The number of amides is 4. The van der Waals surface area contributed by atoms with Crippen molar-refractivity contribution in [3.63, 3.8) is 0 Å². The minimum absolute atomic E-state index is 0.112. The van der Waals surface area contributed by atoms with E-state index in [2.05, 4.69) is 81.0 Å². The third-order valence-electron chi connectivity index (χ3n) is 14.0. The van der Waals surface area contributed by atoms with Crippen LogP contribution in [0, 0.1) is 17.8 Å². The van der Waals surface area contributed by atoms with Gasteiger partial charge in [0.15, 0.2) is 11.0 Å². The molecule has 15 heteroatoms. The molecule has 0 radical (unpaired) electrons. The molecule has 3 aliphatic heterocycles. The number of aromatic nitrogens is 4. The van der Waals surface area contributed by atoms with E-state index in [1.54, 1.807) is 0 Å². The van der Waals surface area contributed by atoms with Crippen LogP contribution in [0.25, 0.3) is 44.3 Å². The summed E-state index contributed by atoms with van der Waals surface area (Å²) in [6, 6.07) is 15.5. The van der Waals surface area contributed by atoms with Gasteiger partial charge in [-0.05, 0) is 133 Å². The maximum atomic E-state index is 13.9. The summed E-state index contributed by atoms with van der Waals surface area (Å²) in [5.74, 6) is 1.73. The van der Waals surface area contributed by atoms with Crippen molar-refractivity contribution in [3.05, 3.63) is 71.3 Å². The van der Waals surface area contributed by atoms with E-state index in [9.17, 15) is 19.2 Å². The van der Waals surface area contributed by atoms with Gasteiger partial charge in [-0.15, -0.1) is 0 Å². The largest absolute Gasteiger partial charge is 0.453 e. The van der Waals surface area contributed by atoms with Crippen molar-refractivity contribution < 1.29 is 38.4 Å². The van der Waals surface area contributed by atoms with Crippen LogP contribution in [-0.2, 0) is 36.8 Å². The number of hydrogen-bond acceptors (Lipinski definition) is 8. The summed E-state index contributed by atoms with van der Waals surface area (Å²) in [5, 5.41) is 5.49. The highest BCUT2D eigenvalue weighted by molar-refractivity contribution is 5.89. The number of fused-ring (bicyclic) bond motifs is 3. The topological polar surface area (TPSA) is 185 Å². The second-order valence-corrected chi connectivity index (χ2v) is 19.2. The highest BCUT2D eigenvalue weighted by atomic mass is 16.5. The normalized spacial score (nSPS) is 20.3. The SMILES string of the molecule is COC(=O)NC(C(=O)N1CCCC1c1[nH]c2cc(-c3ccc(-c4ccc5nc(C6CCCN6C(=O)[C@@H](NC(=O)OC)C(C)C)[nH]c5c4)c4c3COCCCC(C)CCC4)ccc2[nH+]1)C(C)C. The highest BCUT2D eigenvalue weighted by Gasteiger charge is 2.40. The molecular weight excluding hydrogens is 837 g/mol. The molecule has 0 spiro atoms. The van der Waals surface area contributed by atoms with E-state index in [0.29, 0.717) is 32.2 Å². The quantitative estimate of drug-likeness (QED) is 0.107. The molecule has 15 nitrogen and oxygen atoms in total. The maximum Gasteiger partial charge on any atom is 0.407 e. The fourth-order valence-corrected chi connectivity index (χ4v) is 10.3. The number of methoxy groups -OCH3 is 2. The smallest absolute Gasteiger partial charge is 0.407 e. The number of carbonyl (C=O) groups excluding carboxylic acids is 4. The molecule has 0 bridgehead atoms. The molecular formula is C51H67N8O7+. The average molecular weight is 904 g/mol. The molecule has 5 aromatic rings. The van der Waals surface area contributed by atoms with E-state index in [0.717, 1.165) is 114 Å². The van der Waals surface area contributed by atoms with E-state index in [1.165, 1.54) is 25.3 Å². The fourth-order valence-electron chi connectivity index (χ4n) is 10.3. The molecule has 2 fully saturated rings. The molecule has 0 aliphatic carbocycles. The zero-order valence-electron chi connectivity index (χ0n) is 39.6. The van der Waals surface area contributed by atoms with Crippen LogP contribution in [-0.4, -0.2) is 94.8 Å². The van der Waals surface area contributed by atoms with Crippen molar-refractivity contribution >= 4 is 46.1 Å². The number of likely N-dealkylation sites (tertiary alicyclic amines) is 2. The number of ether oxygens (including phenoxy) is 3.